The predicted octanol–water partition coefficient (Wildman–Crippen LogP) is 1.84. The highest BCUT2D eigenvalue weighted by atomic mass is 15.1. The number of aromatic nitrogens is 4. The molecule has 0 aromatic carbocycles. The molecule has 0 amide bonds. The van der Waals surface area contributed by atoms with E-state index in [1.165, 1.54) is 18.7 Å². The number of nitrogens with zero attached hydrogens (tertiary/aromatic N) is 4. The third-order valence-corrected chi connectivity index (χ3v) is 2.79. The molecule has 0 saturated heterocycles. The summed E-state index contributed by atoms with van der Waals surface area (Å²) < 4.78 is 6.33. The molecule has 4 nitrogen and oxygen atoms in total. The van der Waals surface area contributed by atoms with E-state index >= 15 is 0 Å². The van der Waals surface area contributed by atoms with Crippen LogP contribution in [0.1, 0.15) is 25.6 Å². The Morgan fingerprint density at radius 1 is 1.35 bits per heavy atom. The fourth-order valence-electron chi connectivity index (χ4n) is 1.49. The van der Waals surface area contributed by atoms with Crippen LogP contribution in [0.5, 0.6) is 0 Å². The average Bonchev–Trinajstić information content (AvgIpc) is 2.90. The molecule has 0 unspecified atom stereocenters. The molecular weight excluding hydrogens is 212 g/mol. The van der Waals surface area contributed by atoms with Gasteiger partial charge in [0, 0.05) is 26.4 Å². The van der Waals surface area contributed by atoms with E-state index < -0.39 is 0 Å². The number of hydrogen-bond donors (Lipinski definition) is 0. The van der Waals surface area contributed by atoms with Gasteiger partial charge in [0.2, 0.25) is 0 Å². The van der Waals surface area contributed by atoms with Crippen molar-refractivity contribution < 1.29 is 4.57 Å². The van der Waals surface area contributed by atoms with Crippen molar-refractivity contribution >= 4 is 0 Å². The molecule has 94 valence electrons. The molecule has 4 heteroatoms. The molecule has 2 aromatic heterocycles. The second kappa shape index (κ2) is 6.89. The second-order valence-electron chi connectivity index (χ2n) is 4.23. The SMILES string of the molecule is CCCCn1cc[n+](C)c1C.Cn1ccnc1. The van der Waals surface area contributed by atoms with Crippen molar-refractivity contribution in [2.24, 2.45) is 14.1 Å². The van der Waals surface area contributed by atoms with Crippen LogP contribution in [-0.2, 0) is 20.6 Å². The Morgan fingerprint density at radius 2 is 2.12 bits per heavy atom. The number of hydrogen-bond acceptors (Lipinski definition) is 1. The summed E-state index contributed by atoms with van der Waals surface area (Å²) >= 11 is 0. The molecular formula is C13H23N4+. The van der Waals surface area contributed by atoms with Crippen molar-refractivity contribution in [2.45, 2.75) is 33.2 Å². The molecule has 0 fully saturated rings. The van der Waals surface area contributed by atoms with Crippen LogP contribution in [0.4, 0.5) is 0 Å². The lowest BCUT2D eigenvalue weighted by Gasteiger charge is -1.95. The van der Waals surface area contributed by atoms with E-state index in [4.69, 9.17) is 0 Å². The van der Waals surface area contributed by atoms with E-state index in [-0.39, 0.29) is 0 Å². The molecule has 0 aliphatic carbocycles. The fraction of sp³-hybridized carbons (Fsp3) is 0.538. The maximum atomic E-state index is 3.78. The van der Waals surface area contributed by atoms with Gasteiger partial charge in [-0.1, -0.05) is 13.3 Å². The van der Waals surface area contributed by atoms with Gasteiger partial charge in [-0.3, -0.25) is 0 Å². The van der Waals surface area contributed by atoms with Crippen LogP contribution in [0.15, 0.2) is 31.1 Å². The van der Waals surface area contributed by atoms with E-state index in [1.54, 1.807) is 12.5 Å². The second-order valence-corrected chi connectivity index (χ2v) is 4.23. The van der Waals surface area contributed by atoms with Crippen LogP contribution < -0.4 is 4.57 Å². The Balaban J connectivity index is 0.000000202. The van der Waals surface area contributed by atoms with Gasteiger partial charge in [-0.15, -0.1) is 0 Å². The van der Waals surface area contributed by atoms with E-state index in [9.17, 15) is 0 Å². The first-order chi connectivity index (χ1) is 8.15. The molecule has 0 spiro atoms. The highest BCUT2D eigenvalue weighted by Gasteiger charge is 2.06. The maximum Gasteiger partial charge on any atom is 0.253 e. The number of aryl methyl sites for hydroxylation is 3. The molecule has 0 radical (unpaired) electrons. The van der Waals surface area contributed by atoms with Crippen molar-refractivity contribution in [3.8, 4) is 0 Å². The minimum Gasteiger partial charge on any atom is -0.341 e. The van der Waals surface area contributed by atoms with Crippen molar-refractivity contribution in [1.82, 2.24) is 14.1 Å². The average molecular weight is 235 g/mol. The summed E-state index contributed by atoms with van der Waals surface area (Å²) in [5, 5.41) is 0. The summed E-state index contributed by atoms with van der Waals surface area (Å²) in [5.74, 6) is 1.33. The molecule has 0 aliphatic heterocycles. The Bertz CT molecular complexity index is 415. The Morgan fingerprint density at radius 3 is 2.47 bits per heavy atom. The van der Waals surface area contributed by atoms with Crippen LogP contribution in [0.3, 0.4) is 0 Å². The Kier molecular flexibility index (Phi) is 5.46. The smallest absolute Gasteiger partial charge is 0.253 e. The van der Waals surface area contributed by atoms with Crippen LogP contribution in [0.2, 0.25) is 0 Å². The molecule has 0 bridgehead atoms. The third-order valence-electron chi connectivity index (χ3n) is 2.79. The topological polar surface area (TPSA) is 26.6 Å². The lowest BCUT2D eigenvalue weighted by Crippen LogP contribution is -2.29. The van der Waals surface area contributed by atoms with Crippen LogP contribution in [0.25, 0.3) is 0 Å². The number of imidazole rings is 2. The molecule has 0 N–H and O–H groups in total. The lowest BCUT2D eigenvalue weighted by molar-refractivity contribution is -0.677. The monoisotopic (exact) mass is 235 g/mol. The van der Waals surface area contributed by atoms with Gasteiger partial charge in [0.15, 0.2) is 0 Å². The highest BCUT2D eigenvalue weighted by molar-refractivity contribution is 4.78. The van der Waals surface area contributed by atoms with Gasteiger partial charge >= 0.3 is 0 Å². The van der Waals surface area contributed by atoms with E-state index in [2.05, 4.69) is 47.4 Å². The summed E-state index contributed by atoms with van der Waals surface area (Å²) in [7, 11) is 4.02. The van der Waals surface area contributed by atoms with Crippen LogP contribution >= 0.6 is 0 Å². The minimum absolute atomic E-state index is 1.16. The van der Waals surface area contributed by atoms with Gasteiger partial charge < -0.3 is 4.57 Å². The van der Waals surface area contributed by atoms with Gasteiger partial charge in [-0.05, 0) is 6.42 Å². The molecule has 0 saturated carbocycles. The van der Waals surface area contributed by atoms with Gasteiger partial charge in [0.25, 0.3) is 5.82 Å². The van der Waals surface area contributed by atoms with E-state index in [0.717, 1.165) is 6.54 Å². The molecule has 0 aliphatic rings. The maximum absolute atomic E-state index is 3.78. The first kappa shape index (κ1) is 13.5. The summed E-state index contributed by atoms with van der Waals surface area (Å²) in [6.45, 7) is 5.53. The molecule has 2 aromatic rings. The largest absolute Gasteiger partial charge is 0.341 e. The summed E-state index contributed by atoms with van der Waals surface area (Å²) in [4.78, 5) is 3.78. The first-order valence-electron chi connectivity index (χ1n) is 6.08. The van der Waals surface area contributed by atoms with Gasteiger partial charge in [-0.2, -0.15) is 0 Å². The molecule has 2 rings (SSSR count). The normalized spacial score (nSPS) is 9.88. The van der Waals surface area contributed by atoms with Crippen molar-refractivity contribution in [1.29, 1.82) is 0 Å². The zero-order valence-corrected chi connectivity index (χ0v) is 11.3. The van der Waals surface area contributed by atoms with Gasteiger partial charge in [0.1, 0.15) is 12.4 Å². The fourth-order valence-corrected chi connectivity index (χ4v) is 1.49. The lowest BCUT2D eigenvalue weighted by atomic mass is 10.3. The third kappa shape index (κ3) is 4.43. The Hall–Kier alpha value is -1.58. The Labute approximate surface area is 104 Å². The van der Waals surface area contributed by atoms with E-state index in [1.807, 2.05) is 17.8 Å². The summed E-state index contributed by atoms with van der Waals surface area (Å²) in [6.07, 6.45) is 12.2. The number of rotatable bonds is 3. The predicted molar refractivity (Wildman–Crippen MR) is 68.5 cm³/mol. The molecule has 2 heterocycles. The number of unbranched alkanes of at least 4 members (excludes halogenated alkanes) is 1. The van der Waals surface area contributed by atoms with Crippen LogP contribution in [0, 0.1) is 6.92 Å². The molecule has 17 heavy (non-hydrogen) atoms. The van der Waals surface area contributed by atoms with Crippen molar-refractivity contribution in [3.05, 3.63) is 36.9 Å². The zero-order chi connectivity index (χ0) is 12.7. The van der Waals surface area contributed by atoms with E-state index in [0.29, 0.717) is 0 Å². The van der Waals surface area contributed by atoms with Gasteiger partial charge in [0.05, 0.1) is 19.9 Å². The summed E-state index contributed by atoms with van der Waals surface area (Å²) in [5.41, 5.74) is 0. The van der Waals surface area contributed by atoms with Crippen molar-refractivity contribution in [2.75, 3.05) is 0 Å². The zero-order valence-electron chi connectivity index (χ0n) is 11.3. The quantitative estimate of drug-likeness (QED) is 0.746. The summed E-state index contributed by atoms with van der Waals surface area (Å²) in [6, 6.07) is 0. The first-order valence-corrected chi connectivity index (χ1v) is 6.08. The standard InChI is InChI=1S/C9H17N2.C4H6N2/c1-4-5-6-11-8-7-10(3)9(11)2;1-6-3-2-5-4-6/h7-8H,4-6H2,1-3H3;2-4H,1H3/q+1;. The molecule has 0 atom stereocenters. The van der Waals surface area contributed by atoms with Gasteiger partial charge in [-0.25, -0.2) is 14.1 Å². The highest BCUT2D eigenvalue weighted by Crippen LogP contribution is 1.96. The van der Waals surface area contributed by atoms with Crippen molar-refractivity contribution in [3.63, 3.8) is 0 Å². The minimum atomic E-state index is 1.16. The van der Waals surface area contributed by atoms with Crippen LogP contribution in [-0.4, -0.2) is 14.1 Å².